The van der Waals surface area contributed by atoms with Gasteiger partial charge in [-0.2, -0.15) is 0 Å². The zero-order chi connectivity index (χ0) is 14.8. The van der Waals surface area contributed by atoms with Crippen molar-refractivity contribution in [1.82, 2.24) is 10.2 Å². The predicted octanol–water partition coefficient (Wildman–Crippen LogP) is 2.58. The first-order valence-electron chi connectivity index (χ1n) is 7.58. The molecule has 0 saturated carbocycles. The third kappa shape index (κ3) is 3.32. The van der Waals surface area contributed by atoms with Crippen molar-refractivity contribution in [3.05, 3.63) is 41.7 Å². The molecule has 3 nitrogen and oxygen atoms in total. The highest BCUT2D eigenvalue weighted by Gasteiger charge is 2.38. The number of carbonyl (C=O) groups is 1. The number of piperidine rings is 1. The maximum Gasteiger partial charge on any atom is 0.244 e. The fraction of sp³-hybridized carbons (Fsp3) is 0.471. The number of nitrogens with zero attached hydrogens (tertiary/aromatic N) is 1. The second kappa shape index (κ2) is 5.98. The predicted molar refractivity (Wildman–Crippen MR) is 81.2 cm³/mol. The molecule has 2 bridgehead atoms. The summed E-state index contributed by atoms with van der Waals surface area (Å²) in [6.45, 7) is 0. The molecule has 0 aromatic heterocycles. The summed E-state index contributed by atoms with van der Waals surface area (Å²) < 4.78 is 13.1. The molecule has 2 heterocycles. The largest absolute Gasteiger partial charge is 0.350 e. The van der Waals surface area contributed by atoms with Gasteiger partial charge in [0.2, 0.25) is 5.91 Å². The van der Waals surface area contributed by atoms with Crippen LogP contribution in [-0.2, 0) is 4.79 Å². The van der Waals surface area contributed by atoms with Crippen LogP contribution in [-0.4, -0.2) is 36.0 Å². The van der Waals surface area contributed by atoms with Crippen molar-refractivity contribution in [2.45, 2.75) is 43.8 Å². The summed E-state index contributed by atoms with van der Waals surface area (Å²) >= 11 is 0. The fourth-order valence-electron chi connectivity index (χ4n) is 3.56. The van der Waals surface area contributed by atoms with E-state index in [9.17, 15) is 9.18 Å². The molecule has 2 unspecified atom stereocenters. The molecule has 1 aromatic rings. The van der Waals surface area contributed by atoms with Gasteiger partial charge in [-0.25, -0.2) is 4.39 Å². The topological polar surface area (TPSA) is 32.3 Å². The molecule has 112 valence electrons. The SMILES string of the molecule is CN1C2CCC1CC(NC(=O)C=Cc1cccc(F)c1)C2. The smallest absolute Gasteiger partial charge is 0.244 e. The van der Waals surface area contributed by atoms with Gasteiger partial charge in [0, 0.05) is 24.2 Å². The molecule has 4 heteroatoms. The van der Waals surface area contributed by atoms with E-state index in [1.807, 2.05) is 0 Å². The minimum atomic E-state index is -0.288. The Bertz CT molecular complexity index is 543. The molecule has 1 aromatic carbocycles. The van der Waals surface area contributed by atoms with E-state index in [0.29, 0.717) is 17.6 Å². The normalized spacial score (nSPS) is 29.0. The molecule has 21 heavy (non-hydrogen) atoms. The standard InChI is InChI=1S/C17H21FN2O/c1-20-15-6-7-16(20)11-14(10-15)19-17(21)8-5-12-3-2-4-13(18)9-12/h2-5,8-9,14-16H,6-7,10-11H2,1H3,(H,19,21). The van der Waals surface area contributed by atoms with E-state index < -0.39 is 0 Å². The monoisotopic (exact) mass is 288 g/mol. The summed E-state index contributed by atoms with van der Waals surface area (Å²) in [7, 11) is 2.18. The third-order valence-corrected chi connectivity index (χ3v) is 4.72. The molecule has 2 aliphatic heterocycles. The fourth-order valence-corrected chi connectivity index (χ4v) is 3.56. The van der Waals surface area contributed by atoms with E-state index in [1.165, 1.54) is 31.1 Å². The molecule has 0 spiro atoms. The maximum atomic E-state index is 13.1. The van der Waals surface area contributed by atoms with E-state index in [2.05, 4.69) is 17.3 Å². The highest BCUT2D eigenvalue weighted by atomic mass is 19.1. The van der Waals surface area contributed by atoms with E-state index in [0.717, 1.165) is 12.8 Å². The van der Waals surface area contributed by atoms with Crippen LogP contribution < -0.4 is 5.32 Å². The number of hydrogen-bond acceptors (Lipinski definition) is 2. The number of benzene rings is 1. The van der Waals surface area contributed by atoms with Gasteiger partial charge in [-0.15, -0.1) is 0 Å². The molecule has 2 fully saturated rings. The van der Waals surface area contributed by atoms with Gasteiger partial charge in [-0.05, 0) is 56.5 Å². The van der Waals surface area contributed by atoms with Crippen LogP contribution in [0.5, 0.6) is 0 Å². The molecule has 2 atom stereocenters. The number of fused-ring (bicyclic) bond motifs is 2. The van der Waals surface area contributed by atoms with Crippen molar-refractivity contribution < 1.29 is 9.18 Å². The van der Waals surface area contributed by atoms with E-state index in [4.69, 9.17) is 0 Å². The lowest BCUT2D eigenvalue weighted by Gasteiger charge is -2.36. The summed E-state index contributed by atoms with van der Waals surface area (Å²) in [5, 5.41) is 3.08. The number of rotatable bonds is 3. The third-order valence-electron chi connectivity index (χ3n) is 4.72. The molecule has 0 aliphatic carbocycles. The first kappa shape index (κ1) is 14.3. The molecule has 3 rings (SSSR count). The van der Waals surface area contributed by atoms with Gasteiger partial charge in [-0.1, -0.05) is 12.1 Å². The number of halogens is 1. The highest BCUT2D eigenvalue weighted by molar-refractivity contribution is 5.91. The summed E-state index contributed by atoms with van der Waals surface area (Å²) in [6.07, 6.45) is 7.70. The van der Waals surface area contributed by atoms with E-state index in [-0.39, 0.29) is 17.8 Å². The van der Waals surface area contributed by atoms with Crippen molar-refractivity contribution in [2.75, 3.05) is 7.05 Å². The lowest BCUT2D eigenvalue weighted by molar-refractivity contribution is -0.117. The van der Waals surface area contributed by atoms with Gasteiger partial charge in [0.05, 0.1) is 0 Å². The van der Waals surface area contributed by atoms with Crippen molar-refractivity contribution in [1.29, 1.82) is 0 Å². The average Bonchev–Trinajstić information content (AvgIpc) is 2.68. The Kier molecular flexibility index (Phi) is 4.06. The molecule has 2 aliphatic rings. The Morgan fingerprint density at radius 2 is 2.05 bits per heavy atom. The van der Waals surface area contributed by atoms with Gasteiger partial charge < -0.3 is 10.2 Å². The minimum absolute atomic E-state index is 0.0896. The molecule has 2 saturated heterocycles. The van der Waals surface area contributed by atoms with E-state index in [1.54, 1.807) is 18.2 Å². The van der Waals surface area contributed by atoms with Crippen LogP contribution in [0.3, 0.4) is 0 Å². The number of amides is 1. The Balaban J connectivity index is 1.55. The quantitative estimate of drug-likeness (QED) is 0.867. The molecular formula is C17H21FN2O. The number of carbonyl (C=O) groups excluding carboxylic acids is 1. The lowest BCUT2D eigenvalue weighted by Crippen LogP contribution is -2.48. The zero-order valence-electron chi connectivity index (χ0n) is 12.3. The first-order chi connectivity index (χ1) is 10.1. The van der Waals surface area contributed by atoms with E-state index >= 15 is 0 Å². The van der Waals surface area contributed by atoms with Gasteiger partial charge in [0.15, 0.2) is 0 Å². The number of hydrogen-bond donors (Lipinski definition) is 1. The summed E-state index contributed by atoms with van der Waals surface area (Å²) in [5.41, 5.74) is 0.702. The van der Waals surface area contributed by atoms with Gasteiger partial charge in [0.25, 0.3) is 0 Å². The van der Waals surface area contributed by atoms with Crippen LogP contribution in [0.25, 0.3) is 6.08 Å². The van der Waals surface area contributed by atoms with Crippen LogP contribution in [0.4, 0.5) is 4.39 Å². The summed E-state index contributed by atoms with van der Waals surface area (Å²) in [5.74, 6) is -0.377. The number of nitrogens with one attached hydrogen (secondary N) is 1. The second-order valence-electron chi connectivity index (χ2n) is 6.12. The minimum Gasteiger partial charge on any atom is -0.350 e. The van der Waals surface area contributed by atoms with Crippen LogP contribution >= 0.6 is 0 Å². The first-order valence-corrected chi connectivity index (χ1v) is 7.58. The summed E-state index contributed by atoms with van der Waals surface area (Å²) in [4.78, 5) is 14.4. The van der Waals surface area contributed by atoms with Crippen LogP contribution in [0.1, 0.15) is 31.2 Å². The van der Waals surface area contributed by atoms with Gasteiger partial charge in [0.1, 0.15) is 5.82 Å². The van der Waals surface area contributed by atoms with Crippen LogP contribution in [0.2, 0.25) is 0 Å². The summed E-state index contributed by atoms with van der Waals surface area (Å²) in [6, 6.07) is 7.72. The zero-order valence-corrected chi connectivity index (χ0v) is 12.3. The lowest BCUT2D eigenvalue weighted by atomic mass is 9.98. The average molecular weight is 288 g/mol. The van der Waals surface area contributed by atoms with Crippen molar-refractivity contribution in [2.24, 2.45) is 0 Å². The molecule has 0 radical (unpaired) electrons. The Morgan fingerprint density at radius 1 is 1.33 bits per heavy atom. The van der Waals surface area contributed by atoms with Gasteiger partial charge in [-0.3, -0.25) is 4.79 Å². The Hall–Kier alpha value is -1.68. The molecule has 1 N–H and O–H groups in total. The molecule has 1 amide bonds. The van der Waals surface area contributed by atoms with Crippen LogP contribution in [0.15, 0.2) is 30.3 Å². The van der Waals surface area contributed by atoms with Crippen LogP contribution in [0, 0.1) is 5.82 Å². The Morgan fingerprint density at radius 3 is 2.71 bits per heavy atom. The highest BCUT2D eigenvalue weighted by Crippen LogP contribution is 2.34. The maximum absolute atomic E-state index is 13.1. The van der Waals surface area contributed by atoms with Gasteiger partial charge >= 0.3 is 0 Å². The molecular weight excluding hydrogens is 267 g/mol. The van der Waals surface area contributed by atoms with Crippen molar-refractivity contribution in [3.63, 3.8) is 0 Å². The Labute approximate surface area is 124 Å². The van der Waals surface area contributed by atoms with Crippen molar-refractivity contribution >= 4 is 12.0 Å². The second-order valence-corrected chi connectivity index (χ2v) is 6.12. The van der Waals surface area contributed by atoms with Crippen molar-refractivity contribution in [3.8, 4) is 0 Å².